The molecule has 2 saturated heterocycles. The summed E-state index contributed by atoms with van der Waals surface area (Å²) in [5.41, 5.74) is 0.307. The Morgan fingerprint density at radius 2 is 1.89 bits per heavy atom. The summed E-state index contributed by atoms with van der Waals surface area (Å²) >= 11 is 0. The largest absolute Gasteiger partial charge is 0.360 e. The van der Waals surface area contributed by atoms with E-state index >= 15 is 0 Å². The zero-order valence-electron chi connectivity index (χ0n) is 20.4. The van der Waals surface area contributed by atoms with Crippen molar-refractivity contribution in [1.29, 1.82) is 0 Å². The number of anilines is 2. The van der Waals surface area contributed by atoms with Crippen LogP contribution in [0.2, 0.25) is 0 Å². The van der Waals surface area contributed by atoms with E-state index in [1.807, 2.05) is 43.3 Å². The molecule has 2 N–H and O–H groups in total. The number of benzene rings is 1. The number of aromatic nitrogens is 1. The molecule has 5 atom stereocenters. The Bertz CT molecular complexity index is 1250. The SMILES string of the molecule is Cc1cc(NC(=O)[C@H]2[C@H]3C(=O)N(c4ccccc4C)[C@@H](C(=O)NC4CCCCC4)[C@@]34C=C[C@H]2O4)no1. The van der Waals surface area contributed by atoms with Crippen molar-refractivity contribution in [2.75, 3.05) is 10.2 Å². The Morgan fingerprint density at radius 1 is 1.11 bits per heavy atom. The van der Waals surface area contributed by atoms with Gasteiger partial charge in [-0.25, -0.2) is 0 Å². The molecule has 0 unspecified atom stereocenters. The fourth-order valence-electron chi connectivity index (χ4n) is 6.43. The number of rotatable bonds is 5. The average Bonchev–Trinajstić information content (AvgIpc) is 3.61. The van der Waals surface area contributed by atoms with Crippen molar-refractivity contribution < 1.29 is 23.6 Å². The number of para-hydroxylation sites is 1. The summed E-state index contributed by atoms with van der Waals surface area (Å²) in [6.45, 7) is 3.65. The topological polar surface area (TPSA) is 114 Å². The maximum atomic E-state index is 14.1. The van der Waals surface area contributed by atoms with Crippen molar-refractivity contribution >= 4 is 29.2 Å². The highest BCUT2D eigenvalue weighted by molar-refractivity contribution is 6.11. The van der Waals surface area contributed by atoms with Crippen molar-refractivity contribution in [1.82, 2.24) is 10.5 Å². The lowest BCUT2D eigenvalue weighted by Crippen LogP contribution is -2.56. The van der Waals surface area contributed by atoms with Gasteiger partial charge in [0.15, 0.2) is 5.82 Å². The van der Waals surface area contributed by atoms with E-state index in [-0.39, 0.29) is 29.6 Å². The number of ether oxygens (including phenoxy) is 1. The van der Waals surface area contributed by atoms with Crippen LogP contribution in [0.25, 0.3) is 0 Å². The maximum absolute atomic E-state index is 14.1. The minimum atomic E-state index is -1.22. The number of nitrogens with zero attached hydrogens (tertiary/aromatic N) is 2. The number of nitrogens with one attached hydrogen (secondary N) is 2. The number of aryl methyl sites for hydroxylation is 2. The quantitative estimate of drug-likeness (QED) is 0.623. The first kappa shape index (κ1) is 23.0. The molecule has 6 rings (SSSR count). The summed E-state index contributed by atoms with van der Waals surface area (Å²) in [6, 6.07) is 8.29. The Kier molecular flexibility index (Phi) is 5.48. The number of carbonyl (C=O) groups is 3. The summed E-state index contributed by atoms with van der Waals surface area (Å²) in [6.07, 6.45) is 8.21. The second-order valence-electron chi connectivity index (χ2n) is 10.4. The van der Waals surface area contributed by atoms with Gasteiger partial charge in [-0.15, -0.1) is 0 Å². The first-order valence-corrected chi connectivity index (χ1v) is 12.7. The molecule has 4 aliphatic rings. The van der Waals surface area contributed by atoms with E-state index < -0.39 is 29.6 Å². The van der Waals surface area contributed by atoms with Crippen LogP contribution in [0.15, 0.2) is 47.0 Å². The number of hydrogen-bond acceptors (Lipinski definition) is 6. The molecule has 3 amide bonds. The Morgan fingerprint density at radius 3 is 2.61 bits per heavy atom. The summed E-state index contributed by atoms with van der Waals surface area (Å²) in [5, 5.41) is 9.82. The van der Waals surface area contributed by atoms with E-state index in [1.165, 1.54) is 6.42 Å². The summed E-state index contributed by atoms with van der Waals surface area (Å²) in [5.74, 6) is -1.67. The number of hydrogen-bond donors (Lipinski definition) is 2. The second kappa shape index (κ2) is 8.58. The van der Waals surface area contributed by atoms with Gasteiger partial charge in [0.1, 0.15) is 17.4 Å². The molecule has 188 valence electrons. The van der Waals surface area contributed by atoms with E-state index in [0.29, 0.717) is 11.4 Å². The third kappa shape index (κ3) is 3.48. The predicted octanol–water partition coefficient (Wildman–Crippen LogP) is 3.03. The molecule has 0 radical (unpaired) electrons. The van der Waals surface area contributed by atoms with Gasteiger partial charge in [0.25, 0.3) is 0 Å². The molecule has 1 aromatic carbocycles. The summed E-state index contributed by atoms with van der Waals surface area (Å²) in [4.78, 5) is 43.0. The monoisotopic (exact) mass is 490 g/mol. The molecule has 1 aromatic heterocycles. The van der Waals surface area contributed by atoms with Gasteiger partial charge in [0.05, 0.1) is 17.9 Å². The first-order chi connectivity index (χ1) is 17.4. The lowest BCUT2D eigenvalue weighted by atomic mass is 9.74. The Balaban J connectivity index is 1.38. The number of carbonyl (C=O) groups excluding carboxylic acids is 3. The third-order valence-electron chi connectivity index (χ3n) is 8.03. The van der Waals surface area contributed by atoms with Crippen LogP contribution in [0.3, 0.4) is 0 Å². The second-order valence-corrected chi connectivity index (χ2v) is 10.4. The van der Waals surface area contributed by atoms with Crippen molar-refractivity contribution in [3.8, 4) is 0 Å². The van der Waals surface area contributed by atoms with Crippen LogP contribution >= 0.6 is 0 Å². The molecule has 3 fully saturated rings. The fraction of sp³-hybridized carbons (Fsp3) is 0.481. The zero-order valence-corrected chi connectivity index (χ0v) is 20.4. The smallest absolute Gasteiger partial charge is 0.246 e. The van der Waals surface area contributed by atoms with Crippen LogP contribution in [0.5, 0.6) is 0 Å². The highest BCUT2D eigenvalue weighted by Crippen LogP contribution is 2.56. The van der Waals surface area contributed by atoms with Crippen LogP contribution in [-0.2, 0) is 19.1 Å². The van der Waals surface area contributed by atoms with E-state index in [1.54, 1.807) is 17.9 Å². The zero-order chi connectivity index (χ0) is 25.0. The molecule has 2 aromatic rings. The fourth-order valence-corrected chi connectivity index (χ4v) is 6.43. The lowest BCUT2D eigenvalue weighted by molar-refractivity contribution is -0.129. The average molecular weight is 491 g/mol. The Hall–Kier alpha value is -3.46. The van der Waals surface area contributed by atoms with Crippen LogP contribution in [0.1, 0.15) is 43.4 Å². The predicted molar refractivity (Wildman–Crippen MR) is 131 cm³/mol. The van der Waals surface area contributed by atoms with E-state index in [9.17, 15) is 14.4 Å². The maximum Gasteiger partial charge on any atom is 0.246 e. The van der Waals surface area contributed by atoms with Crippen LogP contribution in [0, 0.1) is 25.7 Å². The molecular weight excluding hydrogens is 460 g/mol. The molecule has 1 spiro atoms. The number of amides is 3. The van der Waals surface area contributed by atoms with Crippen molar-refractivity contribution in [3.05, 3.63) is 53.8 Å². The molecule has 9 nitrogen and oxygen atoms in total. The van der Waals surface area contributed by atoms with Gasteiger partial charge < -0.3 is 19.9 Å². The van der Waals surface area contributed by atoms with Crippen LogP contribution in [-0.4, -0.2) is 46.7 Å². The van der Waals surface area contributed by atoms with Gasteiger partial charge >= 0.3 is 0 Å². The third-order valence-corrected chi connectivity index (χ3v) is 8.03. The van der Waals surface area contributed by atoms with Crippen LogP contribution < -0.4 is 15.5 Å². The normalized spacial score (nSPS) is 31.1. The molecule has 4 heterocycles. The standard InChI is InChI=1S/C27H30N4O5/c1-15-8-6-7-11-18(15)31-23(25(33)28-17-9-4-3-5-10-17)27-13-12-19(35-27)21(22(27)26(31)34)24(32)29-20-14-16(2)36-30-20/h6-8,11-14,17,19,21-23H,3-5,9-10H2,1-2H3,(H,28,33)(H,29,30,32)/t19-,21-,22+,23+,27-/m1/s1. The minimum Gasteiger partial charge on any atom is -0.360 e. The highest BCUT2D eigenvalue weighted by atomic mass is 16.5. The molecule has 1 saturated carbocycles. The molecule has 2 bridgehead atoms. The van der Waals surface area contributed by atoms with E-state index in [4.69, 9.17) is 9.26 Å². The van der Waals surface area contributed by atoms with Crippen molar-refractivity contribution in [2.24, 2.45) is 11.8 Å². The van der Waals surface area contributed by atoms with E-state index in [2.05, 4.69) is 15.8 Å². The molecular formula is C27H30N4O5. The van der Waals surface area contributed by atoms with E-state index in [0.717, 1.165) is 31.2 Å². The van der Waals surface area contributed by atoms with Crippen molar-refractivity contribution in [3.63, 3.8) is 0 Å². The van der Waals surface area contributed by atoms with Gasteiger partial charge in [0, 0.05) is 17.8 Å². The highest BCUT2D eigenvalue weighted by Gasteiger charge is 2.73. The van der Waals surface area contributed by atoms with Gasteiger partial charge in [-0.2, -0.15) is 0 Å². The molecule has 3 aliphatic heterocycles. The summed E-state index contributed by atoms with van der Waals surface area (Å²) in [7, 11) is 0. The van der Waals surface area contributed by atoms with Crippen molar-refractivity contribution in [2.45, 2.75) is 69.7 Å². The molecule has 36 heavy (non-hydrogen) atoms. The molecule has 1 aliphatic carbocycles. The van der Waals surface area contributed by atoms with Gasteiger partial charge in [-0.1, -0.05) is 54.8 Å². The molecule has 9 heteroatoms. The number of fused-ring (bicyclic) bond motifs is 1. The van der Waals surface area contributed by atoms with Gasteiger partial charge in [-0.3, -0.25) is 19.3 Å². The first-order valence-electron chi connectivity index (χ1n) is 12.7. The minimum absolute atomic E-state index is 0.0765. The van der Waals surface area contributed by atoms with Crippen LogP contribution in [0.4, 0.5) is 11.5 Å². The summed E-state index contributed by atoms with van der Waals surface area (Å²) < 4.78 is 11.5. The van der Waals surface area contributed by atoms with Gasteiger partial charge in [-0.05, 0) is 38.3 Å². The lowest BCUT2D eigenvalue weighted by Gasteiger charge is -2.34. The van der Waals surface area contributed by atoms with Gasteiger partial charge in [0.2, 0.25) is 17.7 Å². The Labute approximate surface area is 209 Å².